The van der Waals surface area contributed by atoms with Gasteiger partial charge in [0.1, 0.15) is 0 Å². The number of amides is 1. The molecule has 1 aliphatic heterocycles. The molecule has 1 aromatic carbocycles. The molecule has 0 spiro atoms. The molecule has 0 fully saturated rings. The van der Waals surface area contributed by atoms with E-state index in [4.69, 9.17) is 5.11 Å². The minimum atomic E-state index is -1.32. The number of carboxylic acids is 1. The van der Waals surface area contributed by atoms with E-state index in [9.17, 15) is 14.7 Å². The fourth-order valence-electron chi connectivity index (χ4n) is 2.02. The monoisotopic (exact) mass is 249 g/mol. The van der Waals surface area contributed by atoms with Gasteiger partial charge < -0.3 is 15.5 Å². The molecule has 18 heavy (non-hydrogen) atoms. The molecular formula is C13H15NO4. The van der Waals surface area contributed by atoms with E-state index in [0.717, 1.165) is 16.8 Å². The first-order chi connectivity index (χ1) is 8.56. The molecule has 3 N–H and O–H groups in total. The van der Waals surface area contributed by atoms with Gasteiger partial charge in [-0.25, -0.2) is 4.79 Å². The summed E-state index contributed by atoms with van der Waals surface area (Å²) in [5, 5.41) is 20.6. The van der Waals surface area contributed by atoms with Crippen molar-refractivity contribution in [3.05, 3.63) is 29.3 Å². The van der Waals surface area contributed by atoms with E-state index in [1.54, 1.807) is 0 Å². The van der Waals surface area contributed by atoms with E-state index in [2.05, 4.69) is 5.32 Å². The summed E-state index contributed by atoms with van der Waals surface area (Å²) >= 11 is 0. The zero-order chi connectivity index (χ0) is 13.1. The minimum Gasteiger partial charge on any atom is -0.479 e. The van der Waals surface area contributed by atoms with Crippen molar-refractivity contribution in [1.29, 1.82) is 0 Å². The van der Waals surface area contributed by atoms with Crippen LogP contribution in [0.4, 0.5) is 5.69 Å². The van der Waals surface area contributed by atoms with E-state index in [-0.39, 0.29) is 12.3 Å². The summed E-state index contributed by atoms with van der Waals surface area (Å²) in [4.78, 5) is 21.7. The van der Waals surface area contributed by atoms with Gasteiger partial charge in [-0.1, -0.05) is 12.1 Å². The van der Waals surface area contributed by atoms with Crippen LogP contribution in [0.25, 0.3) is 0 Å². The van der Waals surface area contributed by atoms with Crippen LogP contribution in [0.3, 0.4) is 0 Å². The molecule has 0 saturated carbocycles. The molecule has 0 aromatic heterocycles. The number of benzene rings is 1. The number of aliphatic hydroxyl groups excluding tert-OH is 1. The number of aryl methyl sites for hydroxylation is 2. The minimum absolute atomic E-state index is 0.0246. The Morgan fingerprint density at radius 3 is 2.89 bits per heavy atom. The van der Waals surface area contributed by atoms with Crippen molar-refractivity contribution in [1.82, 2.24) is 0 Å². The molecule has 1 unspecified atom stereocenters. The third-order valence-electron chi connectivity index (χ3n) is 3.06. The Balaban J connectivity index is 2.03. The molecule has 1 heterocycles. The van der Waals surface area contributed by atoms with Crippen molar-refractivity contribution in [2.24, 2.45) is 0 Å². The predicted molar refractivity (Wildman–Crippen MR) is 65.4 cm³/mol. The van der Waals surface area contributed by atoms with Crippen molar-refractivity contribution in [3.8, 4) is 0 Å². The molecule has 5 nitrogen and oxygen atoms in total. The van der Waals surface area contributed by atoms with Crippen LogP contribution in [0.1, 0.15) is 24.0 Å². The molecule has 0 aliphatic carbocycles. The third-order valence-corrected chi connectivity index (χ3v) is 3.06. The maximum atomic E-state index is 11.2. The molecular weight excluding hydrogens is 234 g/mol. The Kier molecular flexibility index (Phi) is 3.62. The Hall–Kier alpha value is -1.88. The van der Waals surface area contributed by atoms with E-state index in [1.807, 2.05) is 18.2 Å². The fourth-order valence-corrected chi connectivity index (χ4v) is 2.02. The standard InChI is InChI=1S/C13H15NO4/c15-11(13(17)18)5-2-8-1-4-10-9(7-8)3-6-12(16)14-10/h1,4,7,11,15H,2-3,5-6H2,(H,14,16)(H,17,18). The van der Waals surface area contributed by atoms with Gasteiger partial charge in [-0.05, 0) is 36.5 Å². The Morgan fingerprint density at radius 1 is 1.39 bits per heavy atom. The number of rotatable bonds is 4. The Bertz CT molecular complexity index is 484. The maximum Gasteiger partial charge on any atom is 0.332 e. The summed E-state index contributed by atoms with van der Waals surface area (Å²) < 4.78 is 0. The molecule has 0 radical (unpaired) electrons. The maximum absolute atomic E-state index is 11.2. The first kappa shape index (κ1) is 12.6. The number of carbonyl (C=O) groups excluding carboxylic acids is 1. The van der Waals surface area contributed by atoms with Crippen LogP contribution in [-0.4, -0.2) is 28.2 Å². The number of fused-ring (bicyclic) bond motifs is 1. The number of hydrogen-bond donors (Lipinski definition) is 3. The second-order valence-corrected chi connectivity index (χ2v) is 4.43. The van der Waals surface area contributed by atoms with Crippen molar-refractivity contribution in [2.45, 2.75) is 31.8 Å². The van der Waals surface area contributed by atoms with Crippen LogP contribution in [0.2, 0.25) is 0 Å². The lowest BCUT2D eigenvalue weighted by atomic mass is 9.98. The average Bonchev–Trinajstić information content (AvgIpc) is 2.35. The summed E-state index contributed by atoms with van der Waals surface area (Å²) in [6, 6.07) is 5.64. The second kappa shape index (κ2) is 5.18. The molecule has 0 bridgehead atoms. The number of nitrogens with one attached hydrogen (secondary N) is 1. The quantitative estimate of drug-likeness (QED) is 0.741. The van der Waals surface area contributed by atoms with Gasteiger partial charge in [0, 0.05) is 12.1 Å². The van der Waals surface area contributed by atoms with Gasteiger partial charge >= 0.3 is 5.97 Å². The summed E-state index contributed by atoms with van der Waals surface area (Å²) in [6.45, 7) is 0. The molecule has 5 heteroatoms. The smallest absolute Gasteiger partial charge is 0.332 e. The highest BCUT2D eigenvalue weighted by Crippen LogP contribution is 2.24. The molecule has 1 aromatic rings. The largest absolute Gasteiger partial charge is 0.479 e. The van der Waals surface area contributed by atoms with Crippen LogP contribution in [0, 0.1) is 0 Å². The van der Waals surface area contributed by atoms with Crippen molar-refractivity contribution in [3.63, 3.8) is 0 Å². The van der Waals surface area contributed by atoms with E-state index >= 15 is 0 Å². The molecule has 1 aliphatic rings. The summed E-state index contributed by atoms with van der Waals surface area (Å²) in [5.74, 6) is -1.17. The van der Waals surface area contributed by atoms with Crippen LogP contribution in [0.5, 0.6) is 0 Å². The Morgan fingerprint density at radius 2 is 2.17 bits per heavy atom. The number of aliphatic hydroxyl groups is 1. The van der Waals surface area contributed by atoms with E-state index in [0.29, 0.717) is 19.3 Å². The summed E-state index contributed by atoms with van der Waals surface area (Å²) in [6.07, 6.45) is 0.570. The lowest BCUT2D eigenvalue weighted by Gasteiger charge is -2.17. The highest BCUT2D eigenvalue weighted by molar-refractivity contribution is 5.93. The molecule has 0 saturated heterocycles. The van der Waals surface area contributed by atoms with Gasteiger partial charge in [0.25, 0.3) is 0 Å². The molecule has 1 atom stereocenters. The van der Waals surface area contributed by atoms with Gasteiger partial charge in [-0.15, -0.1) is 0 Å². The number of anilines is 1. The summed E-state index contributed by atoms with van der Waals surface area (Å²) in [7, 11) is 0. The third kappa shape index (κ3) is 2.87. The van der Waals surface area contributed by atoms with Crippen LogP contribution < -0.4 is 5.32 Å². The lowest BCUT2D eigenvalue weighted by Crippen LogP contribution is -2.20. The molecule has 96 valence electrons. The summed E-state index contributed by atoms with van der Waals surface area (Å²) in [5.41, 5.74) is 2.87. The van der Waals surface area contributed by atoms with Crippen LogP contribution >= 0.6 is 0 Å². The zero-order valence-corrected chi connectivity index (χ0v) is 9.85. The van der Waals surface area contributed by atoms with Gasteiger partial charge in [-0.2, -0.15) is 0 Å². The Labute approximate surface area is 104 Å². The lowest BCUT2D eigenvalue weighted by molar-refractivity contribution is -0.146. The van der Waals surface area contributed by atoms with Crippen molar-refractivity contribution in [2.75, 3.05) is 5.32 Å². The normalized spacial score (nSPS) is 15.7. The van der Waals surface area contributed by atoms with Crippen molar-refractivity contribution >= 4 is 17.6 Å². The van der Waals surface area contributed by atoms with Crippen molar-refractivity contribution < 1.29 is 19.8 Å². The number of aliphatic carboxylic acids is 1. The van der Waals surface area contributed by atoms with E-state index in [1.165, 1.54) is 0 Å². The number of carbonyl (C=O) groups is 2. The van der Waals surface area contributed by atoms with Gasteiger partial charge in [0.2, 0.25) is 5.91 Å². The molecule has 1 amide bonds. The predicted octanol–water partition coefficient (Wildman–Crippen LogP) is 0.949. The van der Waals surface area contributed by atoms with Crippen LogP contribution in [-0.2, 0) is 22.4 Å². The second-order valence-electron chi connectivity index (χ2n) is 4.43. The highest BCUT2D eigenvalue weighted by Gasteiger charge is 2.16. The number of carboxylic acid groups (broad SMARTS) is 1. The number of hydrogen-bond acceptors (Lipinski definition) is 3. The SMILES string of the molecule is O=C1CCc2cc(CCC(O)C(=O)O)ccc2N1. The van der Waals surface area contributed by atoms with Gasteiger partial charge in [0.15, 0.2) is 6.10 Å². The highest BCUT2D eigenvalue weighted by atomic mass is 16.4. The fraction of sp³-hybridized carbons (Fsp3) is 0.385. The topological polar surface area (TPSA) is 86.6 Å². The van der Waals surface area contributed by atoms with Crippen LogP contribution in [0.15, 0.2) is 18.2 Å². The average molecular weight is 249 g/mol. The zero-order valence-electron chi connectivity index (χ0n) is 9.85. The van der Waals surface area contributed by atoms with Gasteiger partial charge in [-0.3, -0.25) is 4.79 Å². The molecule has 2 rings (SSSR count). The first-order valence-electron chi connectivity index (χ1n) is 5.89. The first-order valence-corrected chi connectivity index (χ1v) is 5.89. The van der Waals surface area contributed by atoms with Gasteiger partial charge in [0.05, 0.1) is 0 Å². The van der Waals surface area contributed by atoms with E-state index < -0.39 is 12.1 Å².